The fraction of sp³-hybridized carbons (Fsp3) is 0.733. The molecule has 0 aromatic rings. The van der Waals surface area contributed by atoms with Crippen LogP contribution in [0.5, 0.6) is 0 Å². The topological polar surface area (TPSA) is 91.3 Å². The van der Waals surface area contributed by atoms with E-state index in [1.54, 1.807) is 0 Å². The monoisotopic (exact) mass is 316 g/mol. The molecule has 0 amide bonds. The number of ether oxygens (including phenoxy) is 4. The van der Waals surface area contributed by atoms with E-state index in [2.05, 4.69) is 5.92 Å². The van der Waals surface area contributed by atoms with Crippen LogP contribution in [-0.2, 0) is 28.5 Å². The van der Waals surface area contributed by atoms with E-state index in [0.717, 1.165) is 0 Å². The molecule has 0 saturated carbocycles. The standard InChI is InChI=1S/C15H24O7/c1-2-7-19-8-9-20-10-11-21-12-13-22-15(18)6-4-3-5-14(16)17/h1H,3-13H2,(H,16,17). The van der Waals surface area contributed by atoms with Crippen LogP contribution in [-0.4, -0.2) is 63.3 Å². The SMILES string of the molecule is C#CCOCCOCCOCCOC(=O)CCCCC(=O)O. The van der Waals surface area contributed by atoms with Crippen LogP contribution in [0.15, 0.2) is 0 Å². The third-order valence-electron chi connectivity index (χ3n) is 2.44. The minimum Gasteiger partial charge on any atom is -0.481 e. The second-order valence-corrected chi connectivity index (χ2v) is 4.30. The Morgan fingerprint density at radius 2 is 1.41 bits per heavy atom. The molecule has 0 unspecified atom stereocenters. The number of aliphatic carboxylic acids is 1. The summed E-state index contributed by atoms with van der Waals surface area (Å²) in [6.07, 6.45) is 6.30. The molecular weight excluding hydrogens is 292 g/mol. The van der Waals surface area contributed by atoms with E-state index in [4.69, 9.17) is 30.5 Å². The molecule has 0 radical (unpaired) electrons. The zero-order valence-electron chi connectivity index (χ0n) is 12.8. The van der Waals surface area contributed by atoms with Crippen LogP contribution in [0.25, 0.3) is 0 Å². The number of esters is 1. The highest BCUT2D eigenvalue weighted by atomic mass is 16.6. The zero-order valence-corrected chi connectivity index (χ0v) is 12.8. The van der Waals surface area contributed by atoms with Crippen molar-refractivity contribution in [2.24, 2.45) is 0 Å². The zero-order chi connectivity index (χ0) is 16.5. The van der Waals surface area contributed by atoms with E-state index < -0.39 is 5.97 Å². The number of carboxylic acids is 1. The van der Waals surface area contributed by atoms with Crippen molar-refractivity contribution in [2.75, 3.05) is 46.2 Å². The second-order valence-electron chi connectivity index (χ2n) is 4.30. The van der Waals surface area contributed by atoms with Gasteiger partial charge in [0.2, 0.25) is 0 Å². The molecule has 0 aliphatic heterocycles. The molecular formula is C15H24O7. The second kappa shape index (κ2) is 15.8. The summed E-state index contributed by atoms with van der Waals surface area (Å²) in [5.41, 5.74) is 0. The van der Waals surface area contributed by atoms with E-state index in [1.807, 2.05) is 0 Å². The Kier molecular flexibility index (Phi) is 14.6. The van der Waals surface area contributed by atoms with Crippen molar-refractivity contribution >= 4 is 11.9 Å². The quantitative estimate of drug-likeness (QED) is 0.272. The fourth-order valence-electron chi connectivity index (χ4n) is 1.40. The average molecular weight is 316 g/mol. The largest absolute Gasteiger partial charge is 0.481 e. The summed E-state index contributed by atoms with van der Waals surface area (Å²) in [6, 6.07) is 0. The number of carbonyl (C=O) groups excluding carboxylic acids is 1. The van der Waals surface area contributed by atoms with Crippen LogP contribution >= 0.6 is 0 Å². The number of unbranched alkanes of at least 4 members (excludes halogenated alkanes) is 1. The van der Waals surface area contributed by atoms with Gasteiger partial charge in [-0.15, -0.1) is 6.42 Å². The molecule has 0 saturated heterocycles. The number of carbonyl (C=O) groups is 2. The van der Waals surface area contributed by atoms with Crippen molar-refractivity contribution in [3.8, 4) is 12.3 Å². The molecule has 126 valence electrons. The van der Waals surface area contributed by atoms with Crippen LogP contribution < -0.4 is 0 Å². The van der Waals surface area contributed by atoms with Gasteiger partial charge >= 0.3 is 11.9 Å². The highest BCUT2D eigenvalue weighted by Crippen LogP contribution is 2.01. The van der Waals surface area contributed by atoms with Crippen molar-refractivity contribution in [3.63, 3.8) is 0 Å². The first kappa shape index (κ1) is 20.4. The van der Waals surface area contributed by atoms with E-state index in [9.17, 15) is 9.59 Å². The van der Waals surface area contributed by atoms with Gasteiger partial charge in [-0.05, 0) is 12.8 Å². The number of rotatable bonds is 15. The van der Waals surface area contributed by atoms with E-state index in [0.29, 0.717) is 45.9 Å². The molecule has 7 heteroatoms. The summed E-state index contributed by atoms with van der Waals surface area (Å²) in [5, 5.41) is 8.44. The maximum Gasteiger partial charge on any atom is 0.305 e. The first-order chi connectivity index (χ1) is 10.7. The van der Waals surface area contributed by atoms with Gasteiger partial charge in [0, 0.05) is 12.8 Å². The van der Waals surface area contributed by atoms with Crippen molar-refractivity contribution in [3.05, 3.63) is 0 Å². The predicted octanol–water partition coefficient (Wildman–Crippen LogP) is 0.858. The molecule has 22 heavy (non-hydrogen) atoms. The normalized spacial score (nSPS) is 10.1. The molecule has 0 aromatic heterocycles. The minimum atomic E-state index is -0.855. The van der Waals surface area contributed by atoms with Gasteiger partial charge in [0.05, 0.1) is 33.0 Å². The Hall–Kier alpha value is -1.62. The highest BCUT2D eigenvalue weighted by molar-refractivity contribution is 5.69. The first-order valence-corrected chi connectivity index (χ1v) is 7.21. The molecule has 1 N–H and O–H groups in total. The van der Waals surface area contributed by atoms with Gasteiger partial charge in [0.25, 0.3) is 0 Å². The highest BCUT2D eigenvalue weighted by Gasteiger charge is 2.04. The number of terminal acetylenes is 1. The number of hydrogen-bond donors (Lipinski definition) is 1. The molecule has 0 fully saturated rings. The Balaban J connectivity index is 3.17. The molecule has 0 atom stereocenters. The van der Waals surface area contributed by atoms with Crippen molar-refractivity contribution in [1.82, 2.24) is 0 Å². The van der Waals surface area contributed by atoms with Gasteiger partial charge in [-0.3, -0.25) is 9.59 Å². The van der Waals surface area contributed by atoms with E-state index in [1.165, 1.54) is 0 Å². The van der Waals surface area contributed by atoms with Gasteiger partial charge in [-0.1, -0.05) is 5.92 Å². The fourth-order valence-corrected chi connectivity index (χ4v) is 1.40. The van der Waals surface area contributed by atoms with Gasteiger partial charge in [0.15, 0.2) is 0 Å². The van der Waals surface area contributed by atoms with Crippen molar-refractivity contribution < 1.29 is 33.6 Å². The van der Waals surface area contributed by atoms with Crippen LogP contribution in [0.3, 0.4) is 0 Å². The summed E-state index contributed by atoms with van der Waals surface area (Å²) in [5.74, 6) is 1.16. The Bertz CT molecular complexity index is 335. The average Bonchev–Trinajstić information content (AvgIpc) is 2.49. The molecule has 7 nitrogen and oxygen atoms in total. The molecule has 0 rings (SSSR count). The van der Waals surface area contributed by atoms with Crippen LogP contribution in [0.1, 0.15) is 25.7 Å². The summed E-state index contributed by atoms with van der Waals surface area (Å²) in [7, 11) is 0. The lowest BCUT2D eigenvalue weighted by molar-refractivity contribution is -0.146. The lowest BCUT2D eigenvalue weighted by atomic mass is 10.2. The van der Waals surface area contributed by atoms with Gasteiger partial charge < -0.3 is 24.1 Å². The summed E-state index contributed by atoms with van der Waals surface area (Å²) < 4.78 is 20.4. The lowest BCUT2D eigenvalue weighted by Crippen LogP contribution is -2.14. The molecule has 0 aromatic carbocycles. The van der Waals surface area contributed by atoms with Gasteiger partial charge in [-0.2, -0.15) is 0 Å². The molecule has 0 heterocycles. The Morgan fingerprint density at radius 3 is 2.00 bits per heavy atom. The molecule has 0 spiro atoms. The third-order valence-corrected chi connectivity index (χ3v) is 2.44. The maximum absolute atomic E-state index is 11.3. The Morgan fingerprint density at radius 1 is 0.864 bits per heavy atom. The van der Waals surface area contributed by atoms with Crippen LogP contribution in [0.2, 0.25) is 0 Å². The third kappa shape index (κ3) is 16.4. The van der Waals surface area contributed by atoms with Gasteiger partial charge in [0.1, 0.15) is 13.2 Å². The maximum atomic E-state index is 11.3. The molecule has 0 aliphatic rings. The van der Waals surface area contributed by atoms with Crippen LogP contribution in [0.4, 0.5) is 0 Å². The van der Waals surface area contributed by atoms with Crippen LogP contribution in [0, 0.1) is 12.3 Å². The smallest absolute Gasteiger partial charge is 0.305 e. The molecule has 0 bridgehead atoms. The summed E-state index contributed by atoms with van der Waals surface area (Å²) in [4.78, 5) is 21.5. The Labute approximate surface area is 130 Å². The van der Waals surface area contributed by atoms with Crippen molar-refractivity contribution in [2.45, 2.75) is 25.7 Å². The van der Waals surface area contributed by atoms with Crippen molar-refractivity contribution in [1.29, 1.82) is 0 Å². The van der Waals surface area contributed by atoms with E-state index >= 15 is 0 Å². The molecule has 0 aliphatic carbocycles. The van der Waals surface area contributed by atoms with Gasteiger partial charge in [-0.25, -0.2) is 0 Å². The number of carboxylic acid groups (broad SMARTS) is 1. The predicted molar refractivity (Wildman–Crippen MR) is 78.4 cm³/mol. The van der Waals surface area contributed by atoms with E-state index in [-0.39, 0.29) is 32.0 Å². The lowest BCUT2D eigenvalue weighted by Gasteiger charge is -2.07. The summed E-state index contributed by atoms with van der Waals surface area (Å²) in [6.45, 7) is 2.51. The first-order valence-electron chi connectivity index (χ1n) is 7.21. The summed E-state index contributed by atoms with van der Waals surface area (Å²) >= 11 is 0. The minimum absolute atomic E-state index is 0.0736. The number of hydrogen-bond acceptors (Lipinski definition) is 6.